The van der Waals surface area contributed by atoms with Gasteiger partial charge in [-0.05, 0) is 12.5 Å². The first-order chi connectivity index (χ1) is 9.88. The van der Waals surface area contributed by atoms with E-state index in [9.17, 15) is 19.2 Å². The number of thioether (sulfide) groups is 1. The number of rotatable bonds is 6. The van der Waals surface area contributed by atoms with Crippen molar-refractivity contribution in [1.82, 2.24) is 10.2 Å². The average Bonchev–Trinajstić information content (AvgIpc) is 2.36. The minimum atomic E-state index is -1.21. The molecular formula is C12H14N2O6S. The van der Waals surface area contributed by atoms with Gasteiger partial charge in [0.25, 0.3) is 0 Å². The first kappa shape index (κ1) is 15.4. The molecule has 9 heteroatoms. The molecule has 0 aromatic heterocycles. The Kier molecular flexibility index (Phi) is 4.51. The summed E-state index contributed by atoms with van der Waals surface area (Å²) in [6.45, 7) is 0. The lowest BCUT2D eigenvalue weighted by Gasteiger charge is -2.44. The molecule has 114 valence electrons. The standard InChI is InChI=1S/C12H14N2O6S/c15-7(2-1-3-11(17)18)13-8-4-6(12(19)20)14-9(16)5-10(14)21-8/h4,8,10H,1-3,5H2,(H,13,15)(H,17,18)(H,19,20)/t8?,10-/m1/s1. The first-order valence-corrected chi connectivity index (χ1v) is 7.26. The summed E-state index contributed by atoms with van der Waals surface area (Å²) in [4.78, 5) is 45.7. The number of fused-ring (bicyclic) bond motifs is 1. The molecule has 2 amide bonds. The van der Waals surface area contributed by atoms with Crippen LogP contribution in [0.3, 0.4) is 0 Å². The molecule has 0 saturated carbocycles. The monoisotopic (exact) mass is 314 g/mol. The lowest BCUT2D eigenvalue weighted by Crippen LogP contribution is -2.55. The van der Waals surface area contributed by atoms with Crippen LogP contribution in [0.2, 0.25) is 0 Å². The van der Waals surface area contributed by atoms with Crippen molar-refractivity contribution in [1.29, 1.82) is 0 Å². The van der Waals surface area contributed by atoms with Gasteiger partial charge >= 0.3 is 11.9 Å². The van der Waals surface area contributed by atoms with Crippen LogP contribution >= 0.6 is 11.8 Å². The number of nitrogens with one attached hydrogen (secondary N) is 1. The van der Waals surface area contributed by atoms with Gasteiger partial charge in [-0.3, -0.25) is 19.3 Å². The van der Waals surface area contributed by atoms with E-state index in [1.165, 1.54) is 22.7 Å². The minimum absolute atomic E-state index is 0.0624. The van der Waals surface area contributed by atoms with Gasteiger partial charge in [-0.2, -0.15) is 0 Å². The van der Waals surface area contributed by atoms with Crippen molar-refractivity contribution in [2.24, 2.45) is 0 Å². The molecule has 0 bridgehead atoms. The van der Waals surface area contributed by atoms with Crippen molar-refractivity contribution in [2.75, 3.05) is 0 Å². The predicted molar refractivity (Wildman–Crippen MR) is 72.0 cm³/mol. The van der Waals surface area contributed by atoms with Gasteiger partial charge < -0.3 is 15.5 Å². The highest BCUT2D eigenvalue weighted by Gasteiger charge is 2.45. The quantitative estimate of drug-likeness (QED) is 0.587. The van der Waals surface area contributed by atoms with Crippen LogP contribution in [0.4, 0.5) is 0 Å². The molecule has 2 heterocycles. The molecule has 3 N–H and O–H groups in total. The molecular weight excluding hydrogens is 300 g/mol. The van der Waals surface area contributed by atoms with Crippen LogP contribution < -0.4 is 5.32 Å². The van der Waals surface area contributed by atoms with Crippen LogP contribution in [0.15, 0.2) is 11.8 Å². The normalized spacial score (nSPS) is 23.7. The average molecular weight is 314 g/mol. The Hall–Kier alpha value is -2.03. The fourth-order valence-corrected chi connectivity index (χ4v) is 3.44. The third-order valence-corrected chi connectivity index (χ3v) is 4.33. The molecule has 8 nitrogen and oxygen atoms in total. The molecule has 1 fully saturated rings. The van der Waals surface area contributed by atoms with Gasteiger partial charge in [0.2, 0.25) is 11.8 Å². The van der Waals surface area contributed by atoms with Crippen LogP contribution in [0, 0.1) is 0 Å². The van der Waals surface area contributed by atoms with E-state index < -0.39 is 17.3 Å². The molecule has 1 unspecified atom stereocenters. The second kappa shape index (κ2) is 6.17. The number of hydrogen-bond acceptors (Lipinski definition) is 5. The largest absolute Gasteiger partial charge is 0.481 e. The summed E-state index contributed by atoms with van der Waals surface area (Å²) in [5.41, 5.74) is -0.120. The highest BCUT2D eigenvalue weighted by Crippen LogP contribution is 2.39. The summed E-state index contributed by atoms with van der Waals surface area (Å²) in [5, 5.41) is 19.4. The summed E-state index contributed by atoms with van der Waals surface area (Å²) >= 11 is 1.29. The van der Waals surface area contributed by atoms with E-state index in [1.54, 1.807) is 0 Å². The molecule has 1 saturated heterocycles. The van der Waals surface area contributed by atoms with Crippen LogP contribution in [0.5, 0.6) is 0 Å². The number of β-lactam (4-membered cyclic amide) rings is 1. The van der Waals surface area contributed by atoms with E-state index in [2.05, 4.69) is 5.32 Å². The maximum atomic E-state index is 11.7. The van der Waals surface area contributed by atoms with Crippen LogP contribution in [0.1, 0.15) is 25.7 Å². The zero-order valence-corrected chi connectivity index (χ0v) is 11.8. The highest BCUT2D eigenvalue weighted by molar-refractivity contribution is 8.00. The van der Waals surface area contributed by atoms with Gasteiger partial charge in [0.1, 0.15) is 5.70 Å². The van der Waals surface area contributed by atoms with Crippen molar-refractivity contribution in [3.63, 3.8) is 0 Å². The molecule has 2 rings (SSSR count). The molecule has 0 aromatic rings. The maximum Gasteiger partial charge on any atom is 0.352 e. The number of aliphatic carboxylic acids is 2. The third-order valence-electron chi connectivity index (χ3n) is 3.10. The predicted octanol–water partition coefficient (Wildman–Crippen LogP) is -0.0427. The molecule has 2 atom stereocenters. The molecule has 2 aliphatic rings. The topological polar surface area (TPSA) is 124 Å². The molecule has 0 radical (unpaired) electrons. The van der Waals surface area contributed by atoms with Gasteiger partial charge in [0.15, 0.2) is 0 Å². The number of carbonyl (C=O) groups excluding carboxylic acids is 2. The van der Waals surface area contributed by atoms with E-state index >= 15 is 0 Å². The molecule has 0 aromatic carbocycles. The number of hydrogen-bond donors (Lipinski definition) is 3. The fraction of sp³-hybridized carbons (Fsp3) is 0.500. The Balaban J connectivity index is 1.93. The van der Waals surface area contributed by atoms with Gasteiger partial charge in [-0.15, -0.1) is 11.8 Å². The Morgan fingerprint density at radius 2 is 2.05 bits per heavy atom. The van der Waals surface area contributed by atoms with Gasteiger partial charge in [-0.25, -0.2) is 4.79 Å². The lowest BCUT2D eigenvalue weighted by molar-refractivity contribution is -0.146. The second-order valence-corrected chi connectivity index (χ2v) is 5.98. The molecule has 0 spiro atoms. The SMILES string of the molecule is O=C(O)CCCC(=O)NC1C=C(C(=O)O)N2C(=O)C[C@H]2S1. The Morgan fingerprint density at radius 1 is 1.33 bits per heavy atom. The summed E-state index contributed by atoms with van der Waals surface area (Å²) in [7, 11) is 0. The zero-order chi connectivity index (χ0) is 15.6. The Bertz CT molecular complexity index is 532. The summed E-state index contributed by atoms with van der Waals surface area (Å²) in [6, 6.07) is 0. The number of carbonyl (C=O) groups is 4. The number of amides is 2. The van der Waals surface area contributed by atoms with Crippen LogP contribution in [0.25, 0.3) is 0 Å². The number of carboxylic acid groups (broad SMARTS) is 2. The molecule has 0 aliphatic carbocycles. The fourth-order valence-electron chi connectivity index (χ4n) is 2.10. The third kappa shape index (κ3) is 3.54. The van der Waals surface area contributed by atoms with Crippen LogP contribution in [-0.4, -0.2) is 49.6 Å². The molecule has 21 heavy (non-hydrogen) atoms. The van der Waals surface area contributed by atoms with Crippen molar-refractivity contribution in [3.05, 3.63) is 11.8 Å². The zero-order valence-electron chi connectivity index (χ0n) is 10.9. The highest BCUT2D eigenvalue weighted by atomic mass is 32.2. The summed E-state index contributed by atoms with van der Waals surface area (Å²) < 4.78 is 0. The number of nitrogens with zero attached hydrogens (tertiary/aromatic N) is 1. The van der Waals surface area contributed by atoms with E-state index in [4.69, 9.17) is 10.2 Å². The Morgan fingerprint density at radius 3 is 2.62 bits per heavy atom. The Labute approximate surface area is 124 Å². The first-order valence-electron chi connectivity index (χ1n) is 6.32. The van der Waals surface area contributed by atoms with Crippen molar-refractivity contribution in [3.8, 4) is 0 Å². The summed E-state index contributed by atoms with van der Waals surface area (Å²) in [5.74, 6) is -2.76. The minimum Gasteiger partial charge on any atom is -0.481 e. The molecule has 2 aliphatic heterocycles. The second-order valence-electron chi connectivity index (χ2n) is 4.65. The smallest absolute Gasteiger partial charge is 0.352 e. The number of carboxylic acids is 2. The van der Waals surface area contributed by atoms with E-state index in [0.717, 1.165) is 0 Å². The van der Waals surface area contributed by atoms with E-state index in [-0.39, 0.29) is 48.6 Å². The van der Waals surface area contributed by atoms with Gasteiger partial charge in [0.05, 0.1) is 17.2 Å². The van der Waals surface area contributed by atoms with E-state index in [1.807, 2.05) is 0 Å². The van der Waals surface area contributed by atoms with Crippen LogP contribution in [-0.2, 0) is 19.2 Å². The van der Waals surface area contributed by atoms with Crippen molar-refractivity contribution in [2.45, 2.75) is 36.4 Å². The van der Waals surface area contributed by atoms with Crippen molar-refractivity contribution < 1.29 is 29.4 Å². The maximum absolute atomic E-state index is 11.7. The van der Waals surface area contributed by atoms with Gasteiger partial charge in [0, 0.05) is 12.8 Å². The van der Waals surface area contributed by atoms with Gasteiger partial charge in [-0.1, -0.05) is 0 Å². The lowest BCUT2D eigenvalue weighted by atomic mass is 10.1. The van der Waals surface area contributed by atoms with E-state index in [0.29, 0.717) is 0 Å². The van der Waals surface area contributed by atoms with Crippen molar-refractivity contribution >= 4 is 35.5 Å². The summed E-state index contributed by atoms with van der Waals surface area (Å²) in [6.07, 6.45) is 1.78.